The molecule has 2 heterocycles. The van der Waals surface area contributed by atoms with Gasteiger partial charge in [-0.3, -0.25) is 14.6 Å². The van der Waals surface area contributed by atoms with Crippen LogP contribution in [-0.2, 0) is 14.3 Å². The number of nitrogens with one attached hydrogen (secondary N) is 1. The molecule has 34 heavy (non-hydrogen) atoms. The maximum atomic E-state index is 13.5. The molecule has 1 aliphatic rings. The molecule has 7 nitrogen and oxygen atoms in total. The molecule has 3 atom stereocenters. The number of nitrogens with zero attached hydrogens (tertiary/aromatic N) is 3. The number of rotatable bonds is 6. The third kappa shape index (κ3) is 5.51. The van der Waals surface area contributed by atoms with Crippen molar-refractivity contribution in [2.45, 2.75) is 65.6 Å². The standard InChI is InChI=1S/C26H33ClN4O3/c1-16-23(31(15-26(16,5)6)21(32)10-11-34-25(2,3)4)24(33)30-20(12-28)18-14-29-13-17-8-7-9-19(27)22(17)18/h7-9,13-14,16,20,23H,10-11,15H2,1-6H3,(H,30,33)/t16?,20?,23-/m0/s1. The second kappa shape index (κ2) is 9.89. The zero-order valence-electron chi connectivity index (χ0n) is 20.7. The van der Waals surface area contributed by atoms with E-state index in [-0.39, 0.29) is 41.8 Å². The van der Waals surface area contributed by atoms with E-state index in [2.05, 4.69) is 16.4 Å². The number of likely N-dealkylation sites (tertiary alicyclic amines) is 1. The summed E-state index contributed by atoms with van der Waals surface area (Å²) in [6, 6.07) is 5.93. The first-order valence-electron chi connectivity index (χ1n) is 11.5. The van der Waals surface area contributed by atoms with Crippen molar-refractivity contribution in [3.05, 3.63) is 41.2 Å². The zero-order valence-corrected chi connectivity index (χ0v) is 21.4. The highest BCUT2D eigenvalue weighted by Gasteiger charge is 2.49. The van der Waals surface area contributed by atoms with Crippen LogP contribution in [0, 0.1) is 22.7 Å². The number of benzene rings is 1. The predicted molar refractivity (Wildman–Crippen MR) is 132 cm³/mol. The van der Waals surface area contributed by atoms with Crippen LogP contribution in [0.15, 0.2) is 30.6 Å². The van der Waals surface area contributed by atoms with Gasteiger partial charge in [0.25, 0.3) is 0 Å². The Morgan fingerprint density at radius 1 is 1.35 bits per heavy atom. The number of pyridine rings is 1. The summed E-state index contributed by atoms with van der Waals surface area (Å²) in [4.78, 5) is 32.5. The minimum absolute atomic E-state index is 0.103. The lowest BCUT2D eigenvalue weighted by atomic mass is 9.80. The van der Waals surface area contributed by atoms with E-state index < -0.39 is 12.1 Å². The maximum absolute atomic E-state index is 13.5. The number of aromatic nitrogens is 1. The van der Waals surface area contributed by atoms with Gasteiger partial charge in [0.1, 0.15) is 12.1 Å². The number of hydrogen-bond acceptors (Lipinski definition) is 5. The van der Waals surface area contributed by atoms with Crippen LogP contribution in [0.4, 0.5) is 0 Å². The molecule has 1 aliphatic heterocycles. The molecule has 0 aliphatic carbocycles. The van der Waals surface area contributed by atoms with Gasteiger partial charge in [-0.15, -0.1) is 0 Å². The van der Waals surface area contributed by atoms with E-state index >= 15 is 0 Å². The lowest BCUT2D eigenvalue weighted by Crippen LogP contribution is -2.49. The number of hydrogen-bond donors (Lipinski definition) is 1. The molecule has 2 unspecified atom stereocenters. The summed E-state index contributed by atoms with van der Waals surface area (Å²) < 4.78 is 5.72. The first-order valence-corrected chi connectivity index (χ1v) is 11.9. The third-order valence-corrected chi connectivity index (χ3v) is 6.86. The molecule has 0 spiro atoms. The molecular weight excluding hydrogens is 452 g/mol. The number of fused-ring (bicyclic) bond motifs is 1. The number of ether oxygens (including phenoxy) is 1. The van der Waals surface area contributed by atoms with Crippen molar-refractivity contribution in [3.63, 3.8) is 0 Å². The van der Waals surface area contributed by atoms with Gasteiger partial charge in [-0.1, -0.05) is 44.5 Å². The van der Waals surface area contributed by atoms with Gasteiger partial charge in [-0.2, -0.15) is 5.26 Å². The van der Waals surface area contributed by atoms with Crippen LogP contribution in [0.2, 0.25) is 5.02 Å². The summed E-state index contributed by atoms with van der Waals surface area (Å²) in [6.07, 6.45) is 3.41. The Kier molecular flexibility index (Phi) is 7.54. The first kappa shape index (κ1) is 25.9. The number of amides is 2. The first-order chi connectivity index (χ1) is 15.9. The summed E-state index contributed by atoms with van der Waals surface area (Å²) in [7, 11) is 0. The molecule has 182 valence electrons. The Morgan fingerprint density at radius 2 is 2.06 bits per heavy atom. The molecule has 0 bridgehead atoms. The lowest BCUT2D eigenvalue weighted by Gasteiger charge is -2.28. The second-order valence-corrected chi connectivity index (χ2v) is 11.0. The van der Waals surface area contributed by atoms with Crippen LogP contribution < -0.4 is 5.32 Å². The molecule has 1 saturated heterocycles. The van der Waals surface area contributed by atoms with Crippen LogP contribution in [0.5, 0.6) is 0 Å². The van der Waals surface area contributed by atoms with Crippen molar-refractivity contribution in [3.8, 4) is 6.07 Å². The molecule has 3 rings (SSSR count). The van der Waals surface area contributed by atoms with Gasteiger partial charge in [-0.25, -0.2) is 0 Å². The predicted octanol–water partition coefficient (Wildman–Crippen LogP) is 4.65. The van der Waals surface area contributed by atoms with E-state index in [9.17, 15) is 14.9 Å². The summed E-state index contributed by atoms with van der Waals surface area (Å²) in [6.45, 7) is 12.6. The number of halogens is 1. The highest BCUT2D eigenvalue weighted by molar-refractivity contribution is 6.35. The molecule has 0 saturated carbocycles. The van der Waals surface area contributed by atoms with Crippen LogP contribution in [0.3, 0.4) is 0 Å². The minimum Gasteiger partial charge on any atom is -0.375 e. The largest absolute Gasteiger partial charge is 0.375 e. The van der Waals surface area contributed by atoms with E-state index in [4.69, 9.17) is 16.3 Å². The minimum atomic E-state index is -0.958. The normalized spacial score (nSPS) is 20.7. The van der Waals surface area contributed by atoms with E-state index in [0.29, 0.717) is 22.5 Å². The van der Waals surface area contributed by atoms with Gasteiger partial charge in [0.15, 0.2) is 0 Å². The van der Waals surface area contributed by atoms with E-state index in [1.165, 1.54) is 0 Å². The summed E-state index contributed by atoms with van der Waals surface area (Å²) in [5.74, 6) is -0.600. The Hall–Kier alpha value is -2.69. The van der Waals surface area contributed by atoms with E-state index in [1.54, 1.807) is 23.4 Å². The van der Waals surface area contributed by atoms with Gasteiger partial charge in [0, 0.05) is 40.3 Å². The molecule has 8 heteroatoms. The fourth-order valence-corrected chi connectivity index (χ4v) is 4.71. The van der Waals surface area contributed by atoms with Crippen molar-refractivity contribution in [2.75, 3.05) is 13.2 Å². The number of carbonyl (C=O) groups excluding carboxylic acids is 2. The van der Waals surface area contributed by atoms with E-state index in [0.717, 1.165) is 5.39 Å². The number of carbonyl (C=O) groups is 2. The molecule has 1 aromatic heterocycles. The monoisotopic (exact) mass is 484 g/mol. The third-order valence-electron chi connectivity index (χ3n) is 6.55. The Morgan fingerprint density at radius 3 is 2.71 bits per heavy atom. The zero-order chi connectivity index (χ0) is 25.3. The fourth-order valence-electron chi connectivity index (χ4n) is 4.42. The van der Waals surface area contributed by atoms with Gasteiger partial charge in [0.2, 0.25) is 11.8 Å². The van der Waals surface area contributed by atoms with Crippen molar-refractivity contribution in [1.82, 2.24) is 15.2 Å². The summed E-state index contributed by atoms with van der Waals surface area (Å²) >= 11 is 6.42. The van der Waals surface area contributed by atoms with Gasteiger partial charge >= 0.3 is 0 Å². The highest BCUT2D eigenvalue weighted by atomic mass is 35.5. The molecule has 1 aromatic carbocycles. The van der Waals surface area contributed by atoms with Crippen LogP contribution in [0.1, 0.15) is 59.6 Å². The SMILES string of the molecule is CC1[C@@H](C(=O)NC(C#N)c2cncc3cccc(Cl)c23)N(C(=O)CCOC(C)(C)C)CC1(C)C. The average molecular weight is 485 g/mol. The van der Waals surface area contributed by atoms with Crippen molar-refractivity contribution in [1.29, 1.82) is 5.26 Å². The average Bonchev–Trinajstić information content (AvgIpc) is 3.00. The van der Waals surface area contributed by atoms with Crippen LogP contribution in [0.25, 0.3) is 10.8 Å². The van der Waals surface area contributed by atoms with Gasteiger partial charge in [0.05, 0.1) is 24.7 Å². The van der Waals surface area contributed by atoms with Gasteiger partial charge < -0.3 is 15.0 Å². The van der Waals surface area contributed by atoms with Crippen molar-refractivity contribution < 1.29 is 14.3 Å². The summed E-state index contributed by atoms with van der Waals surface area (Å²) in [5.41, 5.74) is -0.0717. The summed E-state index contributed by atoms with van der Waals surface area (Å²) in [5, 5.41) is 14.7. The number of nitriles is 1. The smallest absolute Gasteiger partial charge is 0.244 e. The lowest BCUT2D eigenvalue weighted by molar-refractivity contribution is -0.141. The quantitative estimate of drug-likeness (QED) is 0.644. The topological polar surface area (TPSA) is 95.3 Å². The molecule has 1 N–H and O–H groups in total. The second-order valence-electron chi connectivity index (χ2n) is 10.6. The Balaban J connectivity index is 1.84. The molecule has 2 amide bonds. The Labute approximate surface area is 206 Å². The van der Waals surface area contributed by atoms with Crippen molar-refractivity contribution in [2.24, 2.45) is 11.3 Å². The fraction of sp³-hybridized carbons (Fsp3) is 0.538. The van der Waals surface area contributed by atoms with Crippen LogP contribution in [-0.4, -0.2) is 46.5 Å². The molecular formula is C26H33ClN4O3. The Bertz CT molecular complexity index is 1110. The maximum Gasteiger partial charge on any atom is 0.244 e. The molecule has 0 radical (unpaired) electrons. The molecule has 1 fully saturated rings. The molecule has 2 aromatic rings. The van der Waals surface area contributed by atoms with Crippen LogP contribution >= 0.6 is 11.6 Å². The highest BCUT2D eigenvalue weighted by Crippen LogP contribution is 2.40. The van der Waals surface area contributed by atoms with E-state index in [1.807, 2.05) is 53.7 Å². The van der Waals surface area contributed by atoms with Crippen molar-refractivity contribution >= 4 is 34.2 Å². The van der Waals surface area contributed by atoms with Gasteiger partial charge in [-0.05, 0) is 38.2 Å².